The topological polar surface area (TPSA) is 81.4 Å². The van der Waals surface area contributed by atoms with Gasteiger partial charge in [0.2, 0.25) is 0 Å². The largest absolute Gasteiger partial charge is 0.493 e. The van der Waals surface area contributed by atoms with Gasteiger partial charge in [-0.2, -0.15) is 5.26 Å². The molecule has 152 valence electrons. The number of aryl methyl sites for hydroxylation is 1. The normalized spacial score (nSPS) is 10.7. The second-order valence-corrected chi connectivity index (χ2v) is 6.79. The molecule has 0 aliphatic rings. The van der Waals surface area contributed by atoms with Crippen molar-refractivity contribution in [3.05, 3.63) is 70.4 Å². The minimum Gasteiger partial charge on any atom is -0.493 e. The van der Waals surface area contributed by atoms with Crippen LogP contribution in [0.5, 0.6) is 11.5 Å². The third kappa shape index (κ3) is 5.28. The van der Waals surface area contributed by atoms with E-state index in [1.54, 1.807) is 24.3 Å². The van der Waals surface area contributed by atoms with Gasteiger partial charge in [-0.25, -0.2) is 9.78 Å². The maximum absolute atomic E-state index is 12.1. The minimum absolute atomic E-state index is 0.0169. The number of hydrogen-bond acceptors (Lipinski definition) is 6. The van der Waals surface area contributed by atoms with Crippen LogP contribution in [-0.2, 0) is 16.1 Å². The number of carbonyl (C=O) groups is 1. The number of rotatable bonds is 7. The van der Waals surface area contributed by atoms with Crippen LogP contribution < -0.4 is 9.47 Å². The number of pyridine rings is 1. The van der Waals surface area contributed by atoms with Crippen LogP contribution in [0.2, 0.25) is 5.15 Å². The van der Waals surface area contributed by atoms with Crippen LogP contribution in [0.1, 0.15) is 16.7 Å². The summed E-state index contributed by atoms with van der Waals surface area (Å²) in [7, 11) is 1.50. The number of benzene rings is 2. The van der Waals surface area contributed by atoms with Crippen LogP contribution in [0.15, 0.2) is 48.5 Å². The van der Waals surface area contributed by atoms with E-state index in [2.05, 4.69) is 4.98 Å². The number of hydrogen-bond donors (Lipinski definition) is 0. The van der Waals surface area contributed by atoms with E-state index in [0.717, 1.165) is 16.5 Å². The zero-order valence-corrected chi connectivity index (χ0v) is 17.3. The van der Waals surface area contributed by atoms with Crippen LogP contribution in [0.3, 0.4) is 0 Å². The summed E-state index contributed by atoms with van der Waals surface area (Å²) in [5.74, 6) is 0.399. The fourth-order valence-electron chi connectivity index (χ4n) is 2.78. The van der Waals surface area contributed by atoms with Gasteiger partial charge in [-0.1, -0.05) is 29.8 Å². The highest BCUT2D eigenvalue weighted by Crippen LogP contribution is 2.28. The Labute approximate surface area is 179 Å². The second kappa shape index (κ2) is 9.77. The lowest BCUT2D eigenvalue weighted by molar-refractivity contribution is -0.138. The standard InChI is InChI=1S/C23H19ClN2O4/c1-15-3-6-17-13-18(23(24)26-19(17)11-15)14-30-22(27)8-5-16-4-7-20(29-10-9-25)21(12-16)28-2/h3-8,11-13H,10,14H2,1-2H3/b8-5+. The summed E-state index contributed by atoms with van der Waals surface area (Å²) in [5, 5.41) is 9.85. The van der Waals surface area contributed by atoms with E-state index in [4.69, 9.17) is 31.1 Å². The van der Waals surface area contributed by atoms with Crippen molar-refractivity contribution in [2.45, 2.75) is 13.5 Å². The zero-order valence-electron chi connectivity index (χ0n) is 16.5. The maximum Gasteiger partial charge on any atom is 0.331 e. The van der Waals surface area contributed by atoms with E-state index in [0.29, 0.717) is 27.8 Å². The molecule has 2 aromatic carbocycles. The molecule has 0 aliphatic carbocycles. The van der Waals surface area contributed by atoms with Crippen molar-refractivity contribution >= 4 is 34.5 Å². The lowest BCUT2D eigenvalue weighted by Crippen LogP contribution is -2.02. The van der Waals surface area contributed by atoms with Crippen molar-refractivity contribution in [3.8, 4) is 17.6 Å². The third-order valence-corrected chi connectivity index (χ3v) is 4.59. The zero-order chi connectivity index (χ0) is 21.5. The quantitative estimate of drug-likeness (QED) is 0.307. The molecule has 0 fully saturated rings. The van der Waals surface area contributed by atoms with Gasteiger partial charge >= 0.3 is 5.97 Å². The molecule has 0 atom stereocenters. The van der Waals surface area contributed by atoms with Gasteiger partial charge in [0.15, 0.2) is 18.1 Å². The van der Waals surface area contributed by atoms with Gasteiger partial charge in [-0.3, -0.25) is 0 Å². The number of carbonyl (C=O) groups excluding carboxylic acids is 1. The first-order valence-electron chi connectivity index (χ1n) is 9.08. The van der Waals surface area contributed by atoms with Crippen molar-refractivity contribution < 1.29 is 19.0 Å². The molecule has 1 heterocycles. The molecule has 0 saturated heterocycles. The summed E-state index contributed by atoms with van der Waals surface area (Å²) in [6.07, 6.45) is 2.91. The van der Waals surface area contributed by atoms with Gasteiger partial charge in [-0.05, 0) is 48.4 Å². The summed E-state index contributed by atoms with van der Waals surface area (Å²) in [6, 6.07) is 14.8. The molecule has 6 nitrogen and oxygen atoms in total. The van der Waals surface area contributed by atoms with Crippen LogP contribution in [0, 0.1) is 18.3 Å². The summed E-state index contributed by atoms with van der Waals surface area (Å²) in [5.41, 5.74) is 3.24. The first-order chi connectivity index (χ1) is 14.5. The summed E-state index contributed by atoms with van der Waals surface area (Å²) >= 11 is 6.23. The summed E-state index contributed by atoms with van der Waals surface area (Å²) < 4.78 is 15.8. The van der Waals surface area contributed by atoms with Crippen molar-refractivity contribution in [1.29, 1.82) is 5.26 Å². The monoisotopic (exact) mass is 422 g/mol. The van der Waals surface area contributed by atoms with E-state index < -0.39 is 5.97 Å². The molecule has 3 aromatic rings. The Morgan fingerprint density at radius 2 is 2.03 bits per heavy atom. The average molecular weight is 423 g/mol. The fraction of sp³-hybridized carbons (Fsp3) is 0.174. The highest BCUT2D eigenvalue weighted by Gasteiger charge is 2.08. The van der Waals surface area contributed by atoms with Crippen molar-refractivity contribution in [1.82, 2.24) is 4.98 Å². The first kappa shape index (κ1) is 21.2. The van der Waals surface area contributed by atoms with E-state index in [-0.39, 0.29) is 13.2 Å². The average Bonchev–Trinajstić information content (AvgIpc) is 2.75. The van der Waals surface area contributed by atoms with E-state index >= 15 is 0 Å². The van der Waals surface area contributed by atoms with E-state index in [1.165, 1.54) is 13.2 Å². The van der Waals surface area contributed by atoms with Gasteiger partial charge in [0.25, 0.3) is 0 Å². The lowest BCUT2D eigenvalue weighted by Gasteiger charge is -2.09. The molecule has 0 bridgehead atoms. The van der Waals surface area contributed by atoms with Gasteiger partial charge < -0.3 is 14.2 Å². The Bertz CT molecular complexity index is 1150. The number of halogens is 1. The molecule has 0 aliphatic heterocycles. The molecule has 0 amide bonds. The number of methoxy groups -OCH3 is 1. The predicted molar refractivity (Wildman–Crippen MR) is 114 cm³/mol. The Hall–Kier alpha value is -3.56. The molecule has 7 heteroatoms. The van der Waals surface area contributed by atoms with Crippen LogP contribution in [0.4, 0.5) is 0 Å². The smallest absolute Gasteiger partial charge is 0.331 e. The lowest BCUT2D eigenvalue weighted by atomic mass is 10.1. The van der Waals surface area contributed by atoms with Crippen LogP contribution >= 0.6 is 11.6 Å². The Morgan fingerprint density at radius 3 is 2.80 bits per heavy atom. The van der Waals surface area contributed by atoms with Crippen molar-refractivity contribution in [2.24, 2.45) is 0 Å². The number of fused-ring (bicyclic) bond motifs is 1. The molecule has 0 saturated carbocycles. The van der Waals surface area contributed by atoms with Gasteiger partial charge in [0.05, 0.1) is 12.6 Å². The minimum atomic E-state index is -0.515. The predicted octanol–water partition coefficient (Wildman–Crippen LogP) is 4.86. The van der Waals surface area contributed by atoms with Crippen molar-refractivity contribution in [2.75, 3.05) is 13.7 Å². The Balaban J connectivity index is 1.65. The van der Waals surface area contributed by atoms with Gasteiger partial charge in [0.1, 0.15) is 17.8 Å². The number of esters is 1. The number of nitrogens with zero attached hydrogens (tertiary/aromatic N) is 2. The SMILES string of the molecule is COc1cc(/C=C/C(=O)OCc2cc3ccc(C)cc3nc2Cl)ccc1OCC#N. The van der Waals surface area contributed by atoms with Crippen LogP contribution in [-0.4, -0.2) is 24.7 Å². The molecule has 0 N–H and O–H groups in total. The van der Waals surface area contributed by atoms with Gasteiger partial charge in [0, 0.05) is 17.0 Å². The molecule has 3 rings (SSSR count). The highest BCUT2D eigenvalue weighted by atomic mass is 35.5. The van der Waals surface area contributed by atoms with E-state index in [9.17, 15) is 4.79 Å². The number of aromatic nitrogens is 1. The molecule has 0 unspecified atom stereocenters. The molecular formula is C23H19ClN2O4. The number of ether oxygens (including phenoxy) is 3. The van der Waals surface area contributed by atoms with Crippen LogP contribution in [0.25, 0.3) is 17.0 Å². The Kier molecular flexibility index (Phi) is 6.89. The number of nitriles is 1. The fourth-order valence-corrected chi connectivity index (χ4v) is 2.98. The molecule has 0 radical (unpaired) electrons. The van der Waals surface area contributed by atoms with Gasteiger partial charge in [-0.15, -0.1) is 0 Å². The molecule has 30 heavy (non-hydrogen) atoms. The third-order valence-electron chi connectivity index (χ3n) is 4.26. The van der Waals surface area contributed by atoms with Crippen molar-refractivity contribution in [3.63, 3.8) is 0 Å². The molecule has 0 spiro atoms. The molecular weight excluding hydrogens is 404 g/mol. The van der Waals surface area contributed by atoms with E-state index in [1.807, 2.05) is 37.3 Å². The molecule has 1 aromatic heterocycles. The first-order valence-corrected chi connectivity index (χ1v) is 9.46. The summed E-state index contributed by atoms with van der Waals surface area (Å²) in [4.78, 5) is 16.5. The highest BCUT2D eigenvalue weighted by molar-refractivity contribution is 6.30. The second-order valence-electron chi connectivity index (χ2n) is 6.43. The Morgan fingerprint density at radius 1 is 1.20 bits per heavy atom. The summed E-state index contributed by atoms with van der Waals surface area (Å²) in [6.45, 7) is 1.92. The maximum atomic E-state index is 12.1.